The van der Waals surface area contributed by atoms with Gasteiger partial charge in [-0.2, -0.15) is 0 Å². The van der Waals surface area contributed by atoms with E-state index in [9.17, 15) is 30.0 Å². The first kappa shape index (κ1) is 23.4. The fourth-order valence-corrected chi connectivity index (χ4v) is 7.79. The zero-order valence-electron chi connectivity index (χ0n) is 19.4. The molecule has 0 bridgehead atoms. The van der Waals surface area contributed by atoms with Gasteiger partial charge >= 0.3 is 5.97 Å². The van der Waals surface area contributed by atoms with Crippen molar-refractivity contribution in [1.29, 1.82) is 0 Å². The van der Waals surface area contributed by atoms with Gasteiger partial charge in [0.1, 0.15) is 30.2 Å². The maximum Gasteiger partial charge on any atom is 0.338 e. The van der Waals surface area contributed by atoms with Crippen LogP contribution in [0.25, 0.3) is 0 Å². The molecule has 0 aromatic heterocycles. The number of aliphatic hydroxyl groups is 4. The van der Waals surface area contributed by atoms with Gasteiger partial charge in [0.05, 0.1) is 0 Å². The Morgan fingerprint density at radius 3 is 2.45 bits per heavy atom. The summed E-state index contributed by atoms with van der Waals surface area (Å²) in [5, 5.41) is 39.3. The molecular weight excluding hydrogens is 428 g/mol. The molecule has 4 fully saturated rings. The lowest BCUT2D eigenvalue weighted by Gasteiger charge is -2.56. The molecule has 3 saturated carbocycles. The van der Waals surface area contributed by atoms with Crippen molar-refractivity contribution in [3.05, 3.63) is 11.6 Å². The molecule has 0 aromatic rings. The van der Waals surface area contributed by atoms with Crippen LogP contribution in [0.1, 0.15) is 65.2 Å². The largest absolute Gasteiger partial charge is 0.460 e. The Bertz CT molecular complexity index is 855. The van der Waals surface area contributed by atoms with E-state index in [-0.39, 0.29) is 16.9 Å². The van der Waals surface area contributed by atoms with E-state index in [4.69, 9.17) is 9.47 Å². The van der Waals surface area contributed by atoms with Gasteiger partial charge in [-0.25, -0.2) is 4.79 Å². The van der Waals surface area contributed by atoms with E-state index in [1.54, 1.807) is 0 Å². The molecule has 8 nitrogen and oxygen atoms in total. The molecule has 5 aliphatic rings. The number of aliphatic hydroxyl groups excluding tert-OH is 4. The summed E-state index contributed by atoms with van der Waals surface area (Å²) in [5.74, 6) is 1.13. The van der Waals surface area contributed by atoms with Gasteiger partial charge in [0.2, 0.25) is 0 Å². The van der Waals surface area contributed by atoms with Gasteiger partial charge in [0, 0.05) is 18.3 Å². The molecule has 4 aliphatic carbocycles. The smallest absolute Gasteiger partial charge is 0.338 e. The maximum absolute atomic E-state index is 12.7. The fourth-order valence-electron chi connectivity index (χ4n) is 7.79. The van der Waals surface area contributed by atoms with Gasteiger partial charge in [0.15, 0.2) is 12.4 Å². The first-order valence-electron chi connectivity index (χ1n) is 12.4. The topological polar surface area (TPSA) is 134 Å². The number of esters is 1. The molecule has 1 unspecified atom stereocenters. The second-order valence-electron chi connectivity index (χ2n) is 11.4. The van der Waals surface area contributed by atoms with Crippen molar-refractivity contribution in [1.82, 2.24) is 0 Å². The highest BCUT2D eigenvalue weighted by atomic mass is 16.7. The molecule has 0 spiro atoms. The van der Waals surface area contributed by atoms with Crippen LogP contribution >= 0.6 is 0 Å². The molecule has 11 atom stereocenters. The Morgan fingerprint density at radius 1 is 1.00 bits per heavy atom. The van der Waals surface area contributed by atoms with Crippen molar-refractivity contribution in [2.24, 2.45) is 28.6 Å². The zero-order chi connectivity index (χ0) is 23.7. The number of fused-ring (bicyclic) bond motifs is 5. The predicted octanol–water partition coefficient (Wildman–Crippen LogP) is 1.23. The maximum atomic E-state index is 12.7. The molecule has 8 heteroatoms. The van der Waals surface area contributed by atoms with Gasteiger partial charge in [-0.05, 0) is 61.7 Å². The summed E-state index contributed by atoms with van der Waals surface area (Å²) in [4.78, 5) is 25.3. The minimum absolute atomic E-state index is 0.0378. The minimum Gasteiger partial charge on any atom is -0.460 e. The van der Waals surface area contributed by atoms with E-state index in [2.05, 4.69) is 19.9 Å². The number of carbonyl (C=O) groups is 2. The third-order valence-electron chi connectivity index (χ3n) is 9.87. The highest BCUT2D eigenvalue weighted by Crippen LogP contribution is 2.64. The molecule has 1 heterocycles. The SMILES string of the molecule is C[C@]12CC[C@H](OC(=O)[C@H]3OC(O)[C@H](O)[C@@H](O)[C@@H]3O)CC1=CC[C@@H]1[C@@H]2CC[C@]2(C)C(=O)CC[C@@H]12. The summed E-state index contributed by atoms with van der Waals surface area (Å²) in [6.07, 6.45) is 0.446. The summed E-state index contributed by atoms with van der Waals surface area (Å²) < 4.78 is 10.7. The Morgan fingerprint density at radius 2 is 1.70 bits per heavy atom. The van der Waals surface area contributed by atoms with Gasteiger partial charge in [0.25, 0.3) is 0 Å². The first-order chi connectivity index (χ1) is 15.6. The fraction of sp³-hybridized carbons (Fsp3) is 0.840. The molecule has 184 valence electrons. The molecule has 1 saturated heterocycles. The highest BCUT2D eigenvalue weighted by molar-refractivity contribution is 5.87. The number of Topliss-reactive ketones (excluding diaryl/α,β-unsaturated/α-hetero) is 1. The van der Waals surface area contributed by atoms with E-state index in [0.29, 0.717) is 42.8 Å². The average Bonchev–Trinajstić information content (AvgIpc) is 3.09. The Labute approximate surface area is 194 Å². The van der Waals surface area contributed by atoms with Crippen molar-refractivity contribution in [3.63, 3.8) is 0 Å². The van der Waals surface area contributed by atoms with Gasteiger partial charge in [-0.15, -0.1) is 0 Å². The van der Waals surface area contributed by atoms with Gasteiger partial charge in [-0.1, -0.05) is 25.5 Å². The molecule has 0 radical (unpaired) electrons. The third-order valence-corrected chi connectivity index (χ3v) is 9.87. The van der Waals surface area contributed by atoms with E-state index < -0.39 is 36.7 Å². The van der Waals surface area contributed by atoms with Crippen LogP contribution in [0.3, 0.4) is 0 Å². The van der Waals surface area contributed by atoms with E-state index in [1.807, 2.05) is 0 Å². The Balaban J connectivity index is 1.27. The number of ether oxygens (including phenoxy) is 2. The van der Waals surface area contributed by atoms with Crippen molar-refractivity contribution < 1.29 is 39.5 Å². The average molecular weight is 465 g/mol. The second-order valence-corrected chi connectivity index (χ2v) is 11.4. The molecule has 1 aliphatic heterocycles. The normalized spacial score (nSPS) is 51.8. The second kappa shape index (κ2) is 8.12. The number of hydrogen-bond donors (Lipinski definition) is 4. The lowest BCUT2D eigenvalue weighted by atomic mass is 9.48. The quantitative estimate of drug-likeness (QED) is 0.354. The Kier molecular flexibility index (Phi) is 5.77. The van der Waals surface area contributed by atoms with Crippen molar-refractivity contribution in [2.75, 3.05) is 0 Å². The van der Waals surface area contributed by atoms with Gasteiger partial charge in [-0.3, -0.25) is 4.79 Å². The van der Waals surface area contributed by atoms with Crippen LogP contribution in [0.2, 0.25) is 0 Å². The summed E-state index contributed by atoms with van der Waals surface area (Å²) in [6, 6.07) is 0. The summed E-state index contributed by atoms with van der Waals surface area (Å²) in [7, 11) is 0. The molecular formula is C25H36O8. The van der Waals surface area contributed by atoms with Crippen LogP contribution in [0, 0.1) is 28.6 Å². The van der Waals surface area contributed by atoms with Crippen LogP contribution in [0.15, 0.2) is 11.6 Å². The van der Waals surface area contributed by atoms with Crippen LogP contribution in [0.4, 0.5) is 0 Å². The Hall–Kier alpha value is -1.32. The number of ketones is 1. The molecule has 33 heavy (non-hydrogen) atoms. The van der Waals surface area contributed by atoms with E-state index in [1.165, 1.54) is 5.57 Å². The lowest BCUT2D eigenvalue weighted by molar-refractivity contribution is -0.282. The summed E-state index contributed by atoms with van der Waals surface area (Å²) >= 11 is 0. The molecule has 5 rings (SSSR count). The van der Waals surface area contributed by atoms with Crippen LogP contribution in [-0.2, 0) is 19.1 Å². The standard InChI is InChI=1S/C25H36O8/c1-24-9-7-13(32-23(31)21-19(28)18(27)20(29)22(30)33-21)11-12(24)3-4-14-15-5-6-17(26)25(15,2)10-8-16(14)24/h3,13-16,18-22,27-30H,4-11H2,1-2H3/t13-,14-,15-,16-,18-,19-,20+,21-,22?,24-,25-/m0/s1. The number of rotatable bonds is 2. The minimum atomic E-state index is -1.77. The number of allylic oxidation sites excluding steroid dienone is 1. The van der Waals surface area contributed by atoms with Crippen LogP contribution in [-0.4, -0.2) is 69.0 Å². The monoisotopic (exact) mass is 464 g/mol. The predicted molar refractivity (Wildman–Crippen MR) is 115 cm³/mol. The zero-order valence-corrected chi connectivity index (χ0v) is 19.4. The molecule has 0 aromatic carbocycles. The van der Waals surface area contributed by atoms with Crippen LogP contribution < -0.4 is 0 Å². The number of hydrogen-bond acceptors (Lipinski definition) is 8. The van der Waals surface area contributed by atoms with Gasteiger partial charge < -0.3 is 29.9 Å². The molecule has 4 N–H and O–H groups in total. The van der Waals surface area contributed by atoms with Crippen molar-refractivity contribution in [2.45, 2.75) is 102 Å². The van der Waals surface area contributed by atoms with Crippen LogP contribution in [0.5, 0.6) is 0 Å². The third kappa shape index (κ3) is 3.52. The van der Waals surface area contributed by atoms with E-state index >= 15 is 0 Å². The highest BCUT2D eigenvalue weighted by Gasteiger charge is 2.59. The van der Waals surface area contributed by atoms with Crippen molar-refractivity contribution >= 4 is 11.8 Å². The molecule has 0 amide bonds. The lowest BCUT2D eigenvalue weighted by Crippen LogP contribution is -2.60. The number of carbonyl (C=O) groups excluding carboxylic acids is 2. The van der Waals surface area contributed by atoms with Crippen molar-refractivity contribution in [3.8, 4) is 0 Å². The summed E-state index contributed by atoms with van der Waals surface area (Å²) in [6.45, 7) is 4.50. The van der Waals surface area contributed by atoms with E-state index in [0.717, 1.165) is 32.1 Å². The summed E-state index contributed by atoms with van der Waals surface area (Å²) in [5.41, 5.74) is 1.19. The first-order valence-corrected chi connectivity index (χ1v) is 12.4.